The number of esters is 1. The molecule has 1 aromatic rings. The molecule has 0 fully saturated rings. The largest absolute Gasteiger partial charge is 0.464 e. The molecule has 0 atom stereocenters. The molecule has 0 unspecified atom stereocenters. The van der Waals surface area contributed by atoms with Gasteiger partial charge in [0.25, 0.3) is 0 Å². The molecule has 0 bridgehead atoms. The number of carbonyl (C=O) groups is 1. The third kappa shape index (κ3) is 5.58. The van der Waals surface area contributed by atoms with Crippen LogP contribution in [-0.4, -0.2) is 32.3 Å². The van der Waals surface area contributed by atoms with Crippen molar-refractivity contribution in [2.24, 2.45) is 0 Å². The number of nitrogens with one attached hydrogen (secondary N) is 1. The summed E-state index contributed by atoms with van der Waals surface area (Å²) in [5.74, 6) is -0.355. The van der Waals surface area contributed by atoms with Crippen molar-refractivity contribution in [3.8, 4) is 0 Å². The number of hydrogen-bond acceptors (Lipinski definition) is 4. The van der Waals surface area contributed by atoms with Crippen LogP contribution >= 0.6 is 23.2 Å². The smallest absolute Gasteiger partial charge is 0.332 e. The highest BCUT2D eigenvalue weighted by atomic mass is 35.5. The number of hydrogen-bond donors (Lipinski definition) is 1. The molecule has 100 valence electrons. The highest BCUT2D eigenvalue weighted by Gasteiger charge is 2.01. The summed E-state index contributed by atoms with van der Waals surface area (Å²) >= 11 is 11.7. The quantitative estimate of drug-likeness (QED) is 0.620. The van der Waals surface area contributed by atoms with Crippen LogP contribution in [0.2, 0.25) is 10.0 Å². The third-order valence-corrected chi connectivity index (χ3v) is 2.76. The topological polar surface area (TPSA) is 47.6 Å². The van der Waals surface area contributed by atoms with Crippen molar-refractivity contribution in [2.75, 3.05) is 31.7 Å². The zero-order valence-corrected chi connectivity index (χ0v) is 11.6. The maximum absolute atomic E-state index is 11.0. The lowest BCUT2D eigenvalue weighted by Gasteiger charge is -2.08. The summed E-state index contributed by atoms with van der Waals surface area (Å²) in [4.78, 5) is 11.0. The Kier molecular flexibility index (Phi) is 6.86. The van der Waals surface area contributed by atoms with Crippen LogP contribution in [0.1, 0.15) is 6.92 Å². The maximum atomic E-state index is 11.0. The van der Waals surface area contributed by atoms with Crippen LogP contribution < -0.4 is 5.32 Å². The summed E-state index contributed by atoms with van der Waals surface area (Å²) in [5, 5.41) is 4.11. The van der Waals surface area contributed by atoms with Gasteiger partial charge in [0.05, 0.1) is 23.3 Å². The molecule has 1 aromatic carbocycles. The fourth-order valence-electron chi connectivity index (χ4n) is 1.23. The van der Waals surface area contributed by atoms with Crippen molar-refractivity contribution in [3.63, 3.8) is 0 Å². The normalized spacial score (nSPS) is 10.2. The Morgan fingerprint density at radius 2 is 2.11 bits per heavy atom. The highest BCUT2D eigenvalue weighted by molar-refractivity contribution is 6.42. The Morgan fingerprint density at radius 1 is 1.33 bits per heavy atom. The summed E-state index contributed by atoms with van der Waals surface area (Å²) in [6, 6.07) is 5.26. The van der Waals surface area contributed by atoms with Gasteiger partial charge >= 0.3 is 5.97 Å². The zero-order valence-electron chi connectivity index (χ0n) is 10.0. The van der Waals surface area contributed by atoms with Gasteiger partial charge in [0.1, 0.15) is 6.61 Å². The van der Waals surface area contributed by atoms with E-state index in [9.17, 15) is 4.79 Å². The summed E-state index contributed by atoms with van der Waals surface area (Å²) < 4.78 is 9.85. The molecule has 6 heteroatoms. The predicted molar refractivity (Wildman–Crippen MR) is 72.4 cm³/mol. The van der Waals surface area contributed by atoms with Crippen LogP contribution in [0.4, 0.5) is 5.69 Å². The Hall–Kier alpha value is -0.970. The van der Waals surface area contributed by atoms with Gasteiger partial charge in [-0.2, -0.15) is 0 Å². The lowest BCUT2D eigenvalue weighted by atomic mass is 10.3. The molecule has 0 saturated heterocycles. The Morgan fingerprint density at radius 3 is 2.78 bits per heavy atom. The zero-order chi connectivity index (χ0) is 13.4. The highest BCUT2D eigenvalue weighted by Crippen LogP contribution is 2.24. The molecule has 0 aromatic heterocycles. The van der Waals surface area contributed by atoms with E-state index in [-0.39, 0.29) is 12.6 Å². The van der Waals surface area contributed by atoms with Crippen molar-refractivity contribution in [1.29, 1.82) is 0 Å². The molecule has 0 aliphatic heterocycles. The second kappa shape index (κ2) is 8.19. The molecule has 18 heavy (non-hydrogen) atoms. The molecule has 1 rings (SSSR count). The average Bonchev–Trinajstić information content (AvgIpc) is 2.33. The van der Waals surface area contributed by atoms with Crippen LogP contribution in [0, 0.1) is 0 Å². The van der Waals surface area contributed by atoms with Gasteiger partial charge in [0.2, 0.25) is 0 Å². The molecular weight excluding hydrogens is 277 g/mol. The molecule has 0 aliphatic rings. The SMILES string of the molecule is CCOC(=O)COCCNc1ccc(Cl)c(Cl)c1. The number of anilines is 1. The number of halogens is 2. The molecule has 0 saturated carbocycles. The summed E-state index contributed by atoms with van der Waals surface area (Å²) in [7, 11) is 0. The van der Waals surface area contributed by atoms with Gasteiger partial charge in [-0.1, -0.05) is 23.2 Å². The predicted octanol–water partition coefficient (Wildman–Crippen LogP) is 2.99. The summed E-state index contributed by atoms with van der Waals surface area (Å²) in [6.45, 7) is 3.06. The van der Waals surface area contributed by atoms with E-state index in [1.807, 2.05) is 6.07 Å². The molecule has 4 nitrogen and oxygen atoms in total. The number of carbonyl (C=O) groups excluding carboxylic acids is 1. The molecule has 0 aliphatic carbocycles. The molecule has 1 N–H and O–H groups in total. The van der Waals surface area contributed by atoms with E-state index >= 15 is 0 Å². The van der Waals surface area contributed by atoms with E-state index in [0.717, 1.165) is 5.69 Å². The van der Waals surface area contributed by atoms with Crippen LogP contribution in [0.25, 0.3) is 0 Å². The van der Waals surface area contributed by atoms with Gasteiger partial charge in [0, 0.05) is 12.2 Å². The number of benzene rings is 1. The summed E-state index contributed by atoms with van der Waals surface area (Å²) in [6.07, 6.45) is 0. The first-order chi connectivity index (χ1) is 8.63. The van der Waals surface area contributed by atoms with Crippen LogP contribution in [0.3, 0.4) is 0 Å². The second-order valence-electron chi connectivity index (χ2n) is 3.41. The molecule has 0 spiro atoms. The van der Waals surface area contributed by atoms with Crippen LogP contribution in [0.5, 0.6) is 0 Å². The van der Waals surface area contributed by atoms with Gasteiger partial charge in [-0.05, 0) is 25.1 Å². The van der Waals surface area contributed by atoms with E-state index in [4.69, 9.17) is 32.7 Å². The van der Waals surface area contributed by atoms with Crippen molar-refractivity contribution >= 4 is 34.9 Å². The fraction of sp³-hybridized carbons (Fsp3) is 0.417. The van der Waals surface area contributed by atoms with Gasteiger partial charge in [-0.25, -0.2) is 4.79 Å². The maximum Gasteiger partial charge on any atom is 0.332 e. The minimum atomic E-state index is -0.355. The van der Waals surface area contributed by atoms with Gasteiger partial charge < -0.3 is 14.8 Å². The monoisotopic (exact) mass is 291 g/mol. The average molecular weight is 292 g/mol. The molecule has 0 heterocycles. The Balaban J connectivity index is 2.18. The van der Waals surface area contributed by atoms with Crippen molar-refractivity contribution in [1.82, 2.24) is 0 Å². The fourth-order valence-corrected chi connectivity index (χ4v) is 1.53. The minimum absolute atomic E-state index is 0.0309. The van der Waals surface area contributed by atoms with Crippen LogP contribution in [-0.2, 0) is 14.3 Å². The van der Waals surface area contributed by atoms with Crippen LogP contribution in [0.15, 0.2) is 18.2 Å². The molecular formula is C12H15Cl2NO3. The van der Waals surface area contributed by atoms with E-state index < -0.39 is 0 Å². The number of ether oxygens (including phenoxy) is 2. The minimum Gasteiger partial charge on any atom is -0.464 e. The molecule has 0 amide bonds. The van der Waals surface area contributed by atoms with Crippen molar-refractivity contribution < 1.29 is 14.3 Å². The van der Waals surface area contributed by atoms with Crippen molar-refractivity contribution in [2.45, 2.75) is 6.92 Å². The lowest BCUT2D eigenvalue weighted by Crippen LogP contribution is -2.16. The lowest BCUT2D eigenvalue weighted by molar-refractivity contribution is -0.148. The van der Waals surface area contributed by atoms with Gasteiger partial charge in [-0.3, -0.25) is 0 Å². The number of rotatable bonds is 7. The van der Waals surface area contributed by atoms with E-state index in [2.05, 4.69) is 5.32 Å². The van der Waals surface area contributed by atoms with E-state index in [1.165, 1.54) is 0 Å². The van der Waals surface area contributed by atoms with Gasteiger partial charge in [0.15, 0.2) is 0 Å². The van der Waals surface area contributed by atoms with E-state index in [1.54, 1.807) is 19.1 Å². The Bertz CT molecular complexity index is 399. The first-order valence-corrected chi connectivity index (χ1v) is 6.31. The first-order valence-electron chi connectivity index (χ1n) is 5.55. The third-order valence-electron chi connectivity index (χ3n) is 2.02. The first kappa shape index (κ1) is 15.1. The molecule has 0 radical (unpaired) electrons. The standard InChI is InChI=1S/C12H15Cl2NO3/c1-2-18-12(16)8-17-6-5-15-9-3-4-10(13)11(14)7-9/h3-4,7,15H,2,5-6,8H2,1H3. The van der Waals surface area contributed by atoms with E-state index in [0.29, 0.717) is 29.8 Å². The van der Waals surface area contributed by atoms with Crippen molar-refractivity contribution in [3.05, 3.63) is 28.2 Å². The summed E-state index contributed by atoms with van der Waals surface area (Å²) in [5.41, 5.74) is 0.851. The second-order valence-corrected chi connectivity index (χ2v) is 4.23. The van der Waals surface area contributed by atoms with Gasteiger partial charge in [-0.15, -0.1) is 0 Å². The Labute approximate surface area is 116 Å².